The van der Waals surface area contributed by atoms with Crippen LogP contribution in [0.4, 0.5) is 0 Å². The smallest absolute Gasteiger partial charge is 0.223 e. The van der Waals surface area contributed by atoms with Gasteiger partial charge in [-0.25, -0.2) is 0 Å². The first-order valence-corrected chi connectivity index (χ1v) is 7.06. The van der Waals surface area contributed by atoms with Gasteiger partial charge in [-0.15, -0.1) is 0 Å². The molecule has 0 heterocycles. The zero-order valence-corrected chi connectivity index (χ0v) is 11.4. The molecule has 0 bridgehead atoms. The summed E-state index contributed by atoms with van der Waals surface area (Å²) < 4.78 is 0. The van der Waals surface area contributed by atoms with Crippen molar-refractivity contribution in [1.29, 1.82) is 0 Å². The molecular weight excluding hydrogens is 212 g/mol. The van der Waals surface area contributed by atoms with Crippen molar-refractivity contribution in [1.82, 2.24) is 10.6 Å². The number of hydrogen-bond donors (Lipinski definition) is 2. The van der Waals surface area contributed by atoms with Gasteiger partial charge in [0.15, 0.2) is 0 Å². The van der Waals surface area contributed by atoms with Crippen LogP contribution in [0.25, 0.3) is 0 Å². The van der Waals surface area contributed by atoms with Gasteiger partial charge in [-0.05, 0) is 44.1 Å². The molecule has 3 nitrogen and oxygen atoms in total. The third-order valence-corrected chi connectivity index (χ3v) is 4.40. The van der Waals surface area contributed by atoms with Crippen LogP contribution in [0.3, 0.4) is 0 Å². The Kier molecular flexibility index (Phi) is 3.76. The third-order valence-electron chi connectivity index (χ3n) is 4.40. The van der Waals surface area contributed by atoms with E-state index in [0.29, 0.717) is 18.0 Å². The molecule has 1 atom stereocenters. The van der Waals surface area contributed by atoms with Crippen molar-refractivity contribution in [2.75, 3.05) is 6.54 Å². The Morgan fingerprint density at radius 2 is 1.71 bits per heavy atom. The minimum Gasteiger partial charge on any atom is -0.353 e. The number of amides is 1. The Balaban J connectivity index is 1.70. The van der Waals surface area contributed by atoms with E-state index in [1.54, 1.807) is 0 Å². The van der Waals surface area contributed by atoms with Gasteiger partial charge in [0.1, 0.15) is 0 Å². The van der Waals surface area contributed by atoms with Crippen LogP contribution in [0.15, 0.2) is 0 Å². The Labute approximate surface area is 105 Å². The van der Waals surface area contributed by atoms with Gasteiger partial charge in [-0.2, -0.15) is 0 Å². The number of carbonyl (C=O) groups excluding carboxylic acids is 1. The lowest BCUT2D eigenvalue weighted by atomic mass is 9.91. The molecular formula is C14H26N2O. The number of rotatable bonds is 4. The second kappa shape index (κ2) is 4.97. The highest BCUT2D eigenvalue weighted by atomic mass is 16.2. The van der Waals surface area contributed by atoms with E-state index < -0.39 is 0 Å². The number of carbonyl (C=O) groups is 1. The van der Waals surface area contributed by atoms with E-state index in [4.69, 9.17) is 0 Å². The van der Waals surface area contributed by atoms with Gasteiger partial charge in [-0.3, -0.25) is 4.79 Å². The maximum atomic E-state index is 12.0. The molecule has 98 valence electrons. The van der Waals surface area contributed by atoms with Crippen molar-refractivity contribution in [3.8, 4) is 0 Å². The molecule has 0 aromatic carbocycles. The van der Waals surface area contributed by atoms with Crippen molar-refractivity contribution >= 4 is 5.91 Å². The fourth-order valence-corrected chi connectivity index (χ4v) is 2.95. The van der Waals surface area contributed by atoms with Crippen LogP contribution in [0, 0.1) is 11.3 Å². The first-order chi connectivity index (χ1) is 8.03. The van der Waals surface area contributed by atoms with Crippen molar-refractivity contribution in [3.63, 3.8) is 0 Å². The second-order valence-electron chi connectivity index (χ2n) is 6.36. The van der Waals surface area contributed by atoms with Crippen LogP contribution < -0.4 is 10.6 Å². The van der Waals surface area contributed by atoms with E-state index in [2.05, 4.69) is 31.4 Å². The van der Waals surface area contributed by atoms with Crippen molar-refractivity contribution in [3.05, 3.63) is 0 Å². The maximum Gasteiger partial charge on any atom is 0.223 e. The van der Waals surface area contributed by atoms with Crippen molar-refractivity contribution in [2.24, 2.45) is 11.3 Å². The molecule has 3 heteroatoms. The van der Waals surface area contributed by atoms with Gasteiger partial charge in [0.25, 0.3) is 0 Å². The first kappa shape index (κ1) is 12.9. The molecule has 0 aromatic heterocycles. The van der Waals surface area contributed by atoms with E-state index >= 15 is 0 Å². The summed E-state index contributed by atoms with van der Waals surface area (Å²) in [5.74, 6) is 0.566. The molecule has 0 aromatic rings. The number of hydrogen-bond acceptors (Lipinski definition) is 2. The van der Waals surface area contributed by atoms with Gasteiger partial charge in [0.05, 0.1) is 0 Å². The topological polar surface area (TPSA) is 41.1 Å². The molecule has 0 radical (unpaired) electrons. The largest absolute Gasteiger partial charge is 0.353 e. The highest BCUT2D eigenvalue weighted by molar-refractivity contribution is 5.82. The summed E-state index contributed by atoms with van der Waals surface area (Å²) in [6, 6.07) is 1.10. The van der Waals surface area contributed by atoms with Crippen molar-refractivity contribution < 1.29 is 4.79 Å². The Hall–Kier alpha value is -0.570. The van der Waals surface area contributed by atoms with E-state index in [1.807, 2.05) is 0 Å². The monoisotopic (exact) mass is 238 g/mol. The molecule has 1 amide bonds. The van der Waals surface area contributed by atoms with E-state index in [0.717, 1.165) is 25.8 Å². The van der Waals surface area contributed by atoms with Crippen LogP contribution >= 0.6 is 0 Å². The maximum absolute atomic E-state index is 12.0. The van der Waals surface area contributed by atoms with E-state index in [1.165, 1.54) is 12.8 Å². The van der Waals surface area contributed by atoms with Gasteiger partial charge in [0.2, 0.25) is 5.91 Å². The molecule has 2 aliphatic carbocycles. The fraction of sp³-hybridized carbons (Fsp3) is 0.929. The van der Waals surface area contributed by atoms with Crippen molar-refractivity contribution in [2.45, 2.75) is 65.0 Å². The van der Waals surface area contributed by atoms with Crippen LogP contribution in [0.5, 0.6) is 0 Å². The zero-order chi connectivity index (χ0) is 12.5. The Morgan fingerprint density at radius 1 is 1.18 bits per heavy atom. The van der Waals surface area contributed by atoms with Gasteiger partial charge >= 0.3 is 0 Å². The Bertz CT molecular complexity index is 280. The summed E-state index contributed by atoms with van der Waals surface area (Å²) in [5.41, 5.74) is 0.255. The molecule has 2 rings (SSSR count). The lowest BCUT2D eigenvalue weighted by molar-refractivity contribution is -0.123. The summed E-state index contributed by atoms with van der Waals surface area (Å²) in [7, 11) is 0. The average Bonchev–Trinajstić information content (AvgIpc) is 2.91. The van der Waals surface area contributed by atoms with E-state index in [-0.39, 0.29) is 11.3 Å². The molecule has 0 spiro atoms. The first-order valence-electron chi connectivity index (χ1n) is 7.06. The summed E-state index contributed by atoms with van der Waals surface area (Å²) in [6.07, 6.45) is 5.73. The summed E-state index contributed by atoms with van der Waals surface area (Å²) in [4.78, 5) is 12.0. The fourth-order valence-electron chi connectivity index (χ4n) is 2.95. The average molecular weight is 238 g/mol. The predicted molar refractivity (Wildman–Crippen MR) is 69.8 cm³/mol. The molecule has 2 saturated carbocycles. The minimum atomic E-state index is 0.255. The molecule has 2 fully saturated rings. The summed E-state index contributed by atoms with van der Waals surface area (Å²) in [5, 5.41) is 6.73. The van der Waals surface area contributed by atoms with Crippen LogP contribution in [0.2, 0.25) is 0 Å². The van der Waals surface area contributed by atoms with E-state index in [9.17, 15) is 4.79 Å². The second-order valence-corrected chi connectivity index (χ2v) is 6.36. The highest BCUT2D eigenvalue weighted by Gasteiger charge is 2.50. The lowest BCUT2D eigenvalue weighted by Crippen LogP contribution is -2.43. The van der Waals surface area contributed by atoms with Gasteiger partial charge in [0, 0.05) is 18.0 Å². The predicted octanol–water partition coefficient (Wildman–Crippen LogP) is 2.07. The van der Waals surface area contributed by atoms with Gasteiger partial charge < -0.3 is 10.6 Å². The molecule has 2 aliphatic rings. The molecule has 1 unspecified atom stereocenters. The standard InChI is InChI=1S/C14H26N2O/c1-4-15-10-5-7-11(8-6-10)16-13(17)12-9-14(12,2)3/h10-12,15H,4-9H2,1-3H3,(H,16,17). The minimum absolute atomic E-state index is 0.255. The molecule has 2 N–H and O–H groups in total. The summed E-state index contributed by atoms with van der Waals surface area (Å²) >= 11 is 0. The SMILES string of the molecule is CCNC1CCC(NC(=O)C2CC2(C)C)CC1. The molecule has 0 saturated heterocycles. The molecule has 0 aliphatic heterocycles. The third kappa shape index (κ3) is 3.21. The number of nitrogens with one attached hydrogen (secondary N) is 2. The van der Waals surface area contributed by atoms with Crippen LogP contribution in [0.1, 0.15) is 52.9 Å². The Morgan fingerprint density at radius 3 is 2.18 bits per heavy atom. The normalized spacial score (nSPS) is 35.4. The lowest BCUT2D eigenvalue weighted by Gasteiger charge is -2.29. The van der Waals surface area contributed by atoms with Gasteiger partial charge in [-0.1, -0.05) is 20.8 Å². The molecule has 17 heavy (non-hydrogen) atoms. The highest BCUT2D eigenvalue weighted by Crippen LogP contribution is 2.51. The van der Waals surface area contributed by atoms with Crippen LogP contribution in [-0.2, 0) is 4.79 Å². The van der Waals surface area contributed by atoms with Crippen LogP contribution in [-0.4, -0.2) is 24.5 Å². The quantitative estimate of drug-likeness (QED) is 0.787. The zero-order valence-electron chi connectivity index (χ0n) is 11.4. The summed E-state index contributed by atoms with van der Waals surface area (Å²) in [6.45, 7) is 7.57.